The van der Waals surface area contributed by atoms with Gasteiger partial charge in [-0.3, -0.25) is 4.99 Å². The zero-order valence-electron chi connectivity index (χ0n) is 16.5. The Bertz CT molecular complexity index is 685. The number of likely N-dealkylation sites (tertiary alicyclic amines) is 1. The van der Waals surface area contributed by atoms with Crippen LogP contribution in [0.1, 0.15) is 32.1 Å². The third-order valence-electron chi connectivity index (χ3n) is 6.59. The van der Waals surface area contributed by atoms with E-state index in [1.165, 1.54) is 37.8 Å². The number of guanidine groups is 1. The molecule has 1 saturated carbocycles. The molecule has 1 aliphatic carbocycles. The molecule has 0 amide bonds. The van der Waals surface area contributed by atoms with Crippen LogP contribution in [-0.4, -0.2) is 50.6 Å². The minimum absolute atomic E-state index is 0. The Kier molecular flexibility index (Phi) is 7.39. The summed E-state index contributed by atoms with van der Waals surface area (Å²) >= 11 is 0. The Balaban J connectivity index is 0.00000225. The molecule has 0 radical (unpaired) electrons. The van der Waals surface area contributed by atoms with Crippen LogP contribution < -0.4 is 10.2 Å². The summed E-state index contributed by atoms with van der Waals surface area (Å²) in [6.45, 7) is 4.88. The zero-order chi connectivity index (χ0) is 18.8. The average Bonchev–Trinajstić information content (AvgIpc) is 3.31. The maximum Gasteiger partial charge on any atom is 0.193 e. The van der Waals surface area contributed by atoms with Gasteiger partial charge in [0.15, 0.2) is 17.6 Å². The number of halogens is 3. The van der Waals surface area contributed by atoms with Crippen molar-refractivity contribution in [1.82, 2.24) is 10.2 Å². The molecule has 3 atom stereocenters. The first-order valence-electron chi connectivity index (χ1n) is 10.3. The summed E-state index contributed by atoms with van der Waals surface area (Å²) in [7, 11) is 1.87. The molecule has 0 bridgehead atoms. The van der Waals surface area contributed by atoms with Crippen LogP contribution in [0.4, 0.5) is 14.5 Å². The monoisotopic (exact) mass is 504 g/mol. The third kappa shape index (κ3) is 4.71. The molecule has 156 valence electrons. The van der Waals surface area contributed by atoms with Crippen LogP contribution in [0, 0.1) is 29.4 Å². The molecule has 3 fully saturated rings. The quantitative estimate of drug-likeness (QED) is 0.382. The molecular formula is C21H31F2IN4. The lowest BCUT2D eigenvalue weighted by Gasteiger charge is -2.23. The van der Waals surface area contributed by atoms with Gasteiger partial charge in [0.1, 0.15) is 0 Å². The van der Waals surface area contributed by atoms with Gasteiger partial charge in [-0.15, -0.1) is 24.0 Å². The van der Waals surface area contributed by atoms with Crippen LogP contribution >= 0.6 is 24.0 Å². The molecular weight excluding hydrogens is 473 g/mol. The van der Waals surface area contributed by atoms with E-state index in [9.17, 15) is 8.78 Å². The average molecular weight is 504 g/mol. The highest BCUT2D eigenvalue weighted by Gasteiger charge is 2.35. The molecule has 3 unspecified atom stereocenters. The molecule has 0 aromatic heterocycles. The van der Waals surface area contributed by atoms with Gasteiger partial charge in [-0.1, -0.05) is 12.8 Å². The van der Waals surface area contributed by atoms with Crippen LogP contribution in [0.25, 0.3) is 0 Å². The molecule has 4 rings (SSSR count). The minimum atomic E-state index is -0.786. The van der Waals surface area contributed by atoms with Gasteiger partial charge in [-0.25, -0.2) is 8.78 Å². The van der Waals surface area contributed by atoms with E-state index in [1.54, 1.807) is 6.07 Å². The van der Waals surface area contributed by atoms with Crippen molar-refractivity contribution in [3.8, 4) is 0 Å². The number of hydrogen-bond donors (Lipinski definition) is 1. The number of hydrogen-bond acceptors (Lipinski definition) is 2. The molecule has 1 aromatic carbocycles. The number of benzene rings is 1. The van der Waals surface area contributed by atoms with E-state index in [2.05, 4.69) is 20.1 Å². The van der Waals surface area contributed by atoms with E-state index in [4.69, 9.17) is 0 Å². The van der Waals surface area contributed by atoms with E-state index < -0.39 is 11.6 Å². The first kappa shape index (κ1) is 21.6. The second kappa shape index (κ2) is 9.59. The number of nitrogens with one attached hydrogen (secondary N) is 1. The van der Waals surface area contributed by atoms with E-state index in [0.29, 0.717) is 5.92 Å². The lowest BCUT2D eigenvalue weighted by molar-refractivity contribution is 0.299. The van der Waals surface area contributed by atoms with Gasteiger partial charge in [-0.05, 0) is 49.1 Å². The van der Waals surface area contributed by atoms with E-state index in [-0.39, 0.29) is 24.0 Å². The van der Waals surface area contributed by atoms with Gasteiger partial charge in [0.05, 0.1) is 0 Å². The summed E-state index contributed by atoms with van der Waals surface area (Å²) < 4.78 is 26.6. The fraction of sp³-hybridized carbons (Fsp3) is 0.667. The van der Waals surface area contributed by atoms with Crippen molar-refractivity contribution in [1.29, 1.82) is 0 Å². The Morgan fingerprint density at radius 3 is 2.43 bits per heavy atom. The number of aliphatic imine (C=N–C) groups is 1. The van der Waals surface area contributed by atoms with Crippen molar-refractivity contribution < 1.29 is 8.78 Å². The van der Waals surface area contributed by atoms with Crippen LogP contribution in [0.3, 0.4) is 0 Å². The van der Waals surface area contributed by atoms with Gasteiger partial charge < -0.3 is 15.1 Å². The molecule has 0 spiro atoms. The summed E-state index contributed by atoms with van der Waals surface area (Å²) in [5, 5.41) is 3.57. The maximum absolute atomic E-state index is 13.5. The fourth-order valence-corrected chi connectivity index (χ4v) is 5.06. The van der Waals surface area contributed by atoms with Crippen LogP contribution in [0.15, 0.2) is 23.2 Å². The molecule has 7 heteroatoms. The Labute approximate surface area is 183 Å². The fourth-order valence-electron chi connectivity index (χ4n) is 5.06. The van der Waals surface area contributed by atoms with Crippen molar-refractivity contribution in [2.45, 2.75) is 32.1 Å². The van der Waals surface area contributed by atoms with Crippen molar-refractivity contribution in [2.24, 2.45) is 22.7 Å². The molecule has 1 N–H and O–H groups in total. The normalized spacial score (nSPS) is 27.5. The van der Waals surface area contributed by atoms with E-state index >= 15 is 0 Å². The largest absolute Gasteiger partial charge is 0.371 e. The zero-order valence-corrected chi connectivity index (χ0v) is 18.9. The Morgan fingerprint density at radius 2 is 1.79 bits per heavy atom. The predicted octanol–water partition coefficient (Wildman–Crippen LogP) is 4.11. The second-order valence-electron chi connectivity index (χ2n) is 8.34. The molecule has 1 aromatic rings. The van der Waals surface area contributed by atoms with Crippen LogP contribution in [0.2, 0.25) is 0 Å². The highest BCUT2D eigenvalue weighted by molar-refractivity contribution is 14.0. The van der Waals surface area contributed by atoms with Gasteiger partial charge >= 0.3 is 0 Å². The number of anilines is 1. The smallest absolute Gasteiger partial charge is 0.193 e. The van der Waals surface area contributed by atoms with Gasteiger partial charge in [0, 0.05) is 51.5 Å². The minimum Gasteiger partial charge on any atom is -0.371 e. The van der Waals surface area contributed by atoms with Crippen molar-refractivity contribution in [3.05, 3.63) is 29.8 Å². The molecule has 2 heterocycles. The number of fused-ring (bicyclic) bond motifs is 1. The molecule has 4 nitrogen and oxygen atoms in total. The first-order valence-corrected chi connectivity index (χ1v) is 10.3. The maximum atomic E-state index is 13.5. The summed E-state index contributed by atoms with van der Waals surface area (Å²) in [5.74, 6) is 1.63. The van der Waals surface area contributed by atoms with Gasteiger partial charge in [0.25, 0.3) is 0 Å². The lowest BCUT2D eigenvalue weighted by Crippen LogP contribution is -2.42. The third-order valence-corrected chi connectivity index (χ3v) is 6.59. The van der Waals surface area contributed by atoms with Crippen LogP contribution in [-0.2, 0) is 0 Å². The SMILES string of the molecule is CN=C(NCC1CCN(c2ccc(F)c(F)c2)C1)N1CC2CCCCC2C1.I. The summed E-state index contributed by atoms with van der Waals surface area (Å²) in [6.07, 6.45) is 6.54. The summed E-state index contributed by atoms with van der Waals surface area (Å²) in [6, 6.07) is 4.18. The summed E-state index contributed by atoms with van der Waals surface area (Å²) in [4.78, 5) is 9.09. The Morgan fingerprint density at radius 1 is 1.07 bits per heavy atom. The molecule has 2 saturated heterocycles. The first-order chi connectivity index (χ1) is 13.1. The predicted molar refractivity (Wildman–Crippen MR) is 120 cm³/mol. The Hall–Kier alpha value is -1.12. The van der Waals surface area contributed by atoms with E-state index in [1.807, 2.05) is 7.05 Å². The number of nitrogens with zero attached hydrogens (tertiary/aromatic N) is 3. The van der Waals surface area contributed by atoms with Crippen molar-refractivity contribution >= 4 is 35.6 Å². The highest BCUT2D eigenvalue weighted by atomic mass is 127. The number of rotatable bonds is 3. The topological polar surface area (TPSA) is 30.9 Å². The van der Waals surface area contributed by atoms with Gasteiger partial charge in [0.2, 0.25) is 0 Å². The lowest BCUT2D eigenvalue weighted by atomic mass is 9.82. The molecule has 28 heavy (non-hydrogen) atoms. The van der Waals surface area contributed by atoms with Gasteiger partial charge in [-0.2, -0.15) is 0 Å². The second-order valence-corrected chi connectivity index (χ2v) is 8.34. The standard InChI is InChI=1S/C21H30F2N4.HI/c1-24-21(27-13-16-4-2-3-5-17(16)14-27)25-11-15-8-9-26(12-15)18-6-7-19(22)20(23)10-18;/h6-7,10,15-17H,2-5,8-9,11-14H2,1H3,(H,24,25);1H. The summed E-state index contributed by atoms with van der Waals surface area (Å²) in [5.41, 5.74) is 0.768. The molecule has 2 aliphatic heterocycles. The molecule has 3 aliphatic rings. The van der Waals surface area contributed by atoms with Crippen molar-refractivity contribution in [3.63, 3.8) is 0 Å². The van der Waals surface area contributed by atoms with E-state index in [0.717, 1.165) is 62.6 Å². The highest BCUT2D eigenvalue weighted by Crippen LogP contribution is 2.36. The van der Waals surface area contributed by atoms with Crippen molar-refractivity contribution in [2.75, 3.05) is 44.7 Å². The van der Waals surface area contributed by atoms with Crippen LogP contribution in [0.5, 0.6) is 0 Å².